The Bertz CT molecular complexity index is 1400. The summed E-state index contributed by atoms with van der Waals surface area (Å²) >= 11 is 0. The summed E-state index contributed by atoms with van der Waals surface area (Å²) in [7, 11) is 3.49. The number of benzene rings is 2. The highest BCUT2D eigenvalue weighted by Crippen LogP contribution is 2.42. The smallest absolute Gasteiger partial charge is 0.235 e. The van der Waals surface area contributed by atoms with E-state index in [1.54, 1.807) is 19.4 Å². The molecule has 0 spiro atoms. The van der Waals surface area contributed by atoms with Crippen molar-refractivity contribution in [3.05, 3.63) is 71.7 Å². The molecule has 0 atom stereocenters. The minimum Gasteiger partial charge on any atom is -0.508 e. The molecule has 31 heavy (non-hydrogen) atoms. The number of fused-ring (bicyclic) bond motifs is 2. The number of ketones is 1. The van der Waals surface area contributed by atoms with Crippen LogP contribution in [-0.2, 0) is 7.05 Å². The molecule has 0 saturated heterocycles. The lowest BCUT2D eigenvalue weighted by Crippen LogP contribution is -1.98. The molecule has 4 aromatic rings. The maximum Gasteiger partial charge on any atom is 0.235 e. The van der Waals surface area contributed by atoms with Crippen molar-refractivity contribution in [2.45, 2.75) is 0 Å². The van der Waals surface area contributed by atoms with E-state index in [9.17, 15) is 15.0 Å². The first-order valence-electron chi connectivity index (χ1n) is 9.55. The lowest BCUT2D eigenvalue weighted by Gasteiger charge is -2.10. The fourth-order valence-corrected chi connectivity index (χ4v) is 3.96. The number of hydrogen-bond acceptors (Lipinski definition) is 6. The van der Waals surface area contributed by atoms with Crippen LogP contribution < -0.4 is 9.47 Å². The van der Waals surface area contributed by atoms with Crippen LogP contribution in [0.4, 0.5) is 0 Å². The fraction of sp³-hybridized carbons (Fsp3) is 0.0833. The fourth-order valence-electron chi connectivity index (χ4n) is 3.96. The van der Waals surface area contributed by atoms with Gasteiger partial charge in [-0.25, -0.2) is 4.98 Å². The van der Waals surface area contributed by atoms with E-state index < -0.39 is 5.78 Å². The summed E-state index contributed by atoms with van der Waals surface area (Å²) in [4.78, 5) is 17.4. The number of methoxy groups -OCH3 is 1. The van der Waals surface area contributed by atoms with Crippen molar-refractivity contribution in [3.63, 3.8) is 0 Å². The molecular formula is C24H18N2O5. The third-order valence-corrected chi connectivity index (χ3v) is 5.31. The summed E-state index contributed by atoms with van der Waals surface area (Å²) in [6, 6.07) is 12.0. The standard InChI is InChI=1S/C24H18N2O5/c1-26-12-13(9-20-23(29)22-17(28)10-14(27)11-19(22)31-20)21-16(7-8-25-24(21)26)15-5-3-4-6-18(15)30-2/h3-12,27-28H,1-2H3. The Balaban J connectivity index is 1.71. The Kier molecular flexibility index (Phi) is 4.18. The van der Waals surface area contributed by atoms with Gasteiger partial charge >= 0.3 is 0 Å². The van der Waals surface area contributed by atoms with Crippen molar-refractivity contribution in [2.75, 3.05) is 7.11 Å². The number of aromatic hydroxyl groups is 2. The first kappa shape index (κ1) is 18.7. The van der Waals surface area contributed by atoms with E-state index in [1.165, 1.54) is 6.07 Å². The van der Waals surface area contributed by atoms with Crippen molar-refractivity contribution in [3.8, 4) is 34.1 Å². The van der Waals surface area contributed by atoms with Gasteiger partial charge in [-0.15, -0.1) is 0 Å². The zero-order chi connectivity index (χ0) is 21.7. The monoisotopic (exact) mass is 414 g/mol. The number of carbonyl (C=O) groups is 1. The van der Waals surface area contributed by atoms with Crippen molar-refractivity contribution in [1.29, 1.82) is 0 Å². The van der Waals surface area contributed by atoms with E-state index in [0.29, 0.717) is 0 Å². The topological polar surface area (TPSA) is 93.8 Å². The number of aryl methyl sites for hydroxylation is 1. The van der Waals surface area contributed by atoms with Crippen molar-refractivity contribution in [1.82, 2.24) is 9.55 Å². The van der Waals surface area contributed by atoms with E-state index in [0.717, 1.165) is 39.5 Å². The first-order valence-corrected chi connectivity index (χ1v) is 9.55. The Morgan fingerprint density at radius 1 is 1.13 bits per heavy atom. The van der Waals surface area contributed by atoms with E-state index in [-0.39, 0.29) is 28.6 Å². The van der Waals surface area contributed by atoms with Gasteiger partial charge in [-0.05, 0) is 23.8 Å². The molecular weight excluding hydrogens is 396 g/mol. The van der Waals surface area contributed by atoms with Gasteiger partial charge in [-0.2, -0.15) is 0 Å². The number of phenols is 2. The number of Topliss-reactive ketones (excluding diaryl/α,β-unsaturated/α-hetero) is 1. The van der Waals surface area contributed by atoms with Crippen LogP contribution in [0, 0.1) is 0 Å². The van der Waals surface area contributed by atoms with Crippen molar-refractivity contribution in [2.24, 2.45) is 7.05 Å². The van der Waals surface area contributed by atoms with Crippen LogP contribution in [0.1, 0.15) is 15.9 Å². The summed E-state index contributed by atoms with van der Waals surface area (Å²) in [5.41, 5.74) is 3.29. The van der Waals surface area contributed by atoms with Crippen LogP contribution in [-0.4, -0.2) is 32.7 Å². The Morgan fingerprint density at radius 3 is 2.74 bits per heavy atom. The number of phenolic OH excluding ortho intramolecular Hbond substituents is 2. The van der Waals surface area contributed by atoms with Crippen LogP contribution >= 0.6 is 0 Å². The van der Waals surface area contributed by atoms with Crippen molar-refractivity contribution < 1.29 is 24.5 Å². The Morgan fingerprint density at radius 2 is 1.94 bits per heavy atom. The minimum atomic E-state index is -0.452. The zero-order valence-corrected chi connectivity index (χ0v) is 16.8. The number of para-hydroxylation sites is 1. The summed E-state index contributed by atoms with van der Waals surface area (Å²) in [6.45, 7) is 0. The normalized spacial score (nSPS) is 14.1. The molecule has 154 valence electrons. The molecule has 2 aromatic heterocycles. The van der Waals surface area contributed by atoms with Gasteiger partial charge in [-0.3, -0.25) is 4.79 Å². The Labute approximate surface area is 177 Å². The number of allylic oxidation sites excluding steroid dienone is 1. The van der Waals surface area contributed by atoms with Crippen LogP contribution in [0.25, 0.3) is 28.2 Å². The number of carbonyl (C=O) groups excluding carboxylic acids is 1. The number of nitrogens with zero attached hydrogens (tertiary/aromatic N) is 2. The molecule has 0 saturated carbocycles. The molecule has 2 N–H and O–H groups in total. The van der Waals surface area contributed by atoms with Crippen LogP contribution in [0.5, 0.6) is 23.0 Å². The summed E-state index contributed by atoms with van der Waals surface area (Å²) in [5.74, 6) is -0.0585. The van der Waals surface area contributed by atoms with Gasteiger partial charge in [0.15, 0.2) is 5.76 Å². The quantitative estimate of drug-likeness (QED) is 0.486. The van der Waals surface area contributed by atoms with E-state index in [1.807, 2.05) is 48.1 Å². The second kappa shape index (κ2) is 6.91. The molecule has 0 unspecified atom stereocenters. The molecule has 0 radical (unpaired) electrons. The molecule has 7 nitrogen and oxygen atoms in total. The molecule has 7 heteroatoms. The van der Waals surface area contributed by atoms with Gasteiger partial charge in [0.25, 0.3) is 0 Å². The van der Waals surface area contributed by atoms with Gasteiger partial charge < -0.3 is 24.3 Å². The molecule has 5 rings (SSSR count). The second-order valence-corrected chi connectivity index (χ2v) is 7.23. The summed E-state index contributed by atoms with van der Waals surface area (Å²) < 4.78 is 13.1. The molecule has 0 aliphatic carbocycles. The van der Waals surface area contributed by atoms with Gasteiger partial charge in [-0.1, -0.05) is 18.2 Å². The van der Waals surface area contributed by atoms with E-state index in [2.05, 4.69) is 4.98 Å². The first-order chi connectivity index (χ1) is 15.0. The Hall–Kier alpha value is -4.26. The number of aromatic nitrogens is 2. The highest BCUT2D eigenvalue weighted by molar-refractivity contribution is 6.17. The maximum atomic E-state index is 12.9. The third kappa shape index (κ3) is 2.90. The molecule has 0 fully saturated rings. The van der Waals surface area contributed by atoms with Gasteiger partial charge in [0.05, 0.1) is 7.11 Å². The summed E-state index contributed by atoms with van der Waals surface area (Å²) in [6.07, 6.45) is 5.22. The lowest BCUT2D eigenvalue weighted by atomic mass is 9.99. The molecule has 3 heterocycles. The SMILES string of the molecule is COc1ccccc1-c1ccnc2c1c(C=C1Oc3cc(O)cc(O)c3C1=O)cn2C. The van der Waals surface area contributed by atoms with E-state index >= 15 is 0 Å². The second-order valence-electron chi connectivity index (χ2n) is 7.23. The highest BCUT2D eigenvalue weighted by Gasteiger charge is 2.31. The predicted molar refractivity (Wildman–Crippen MR) is 115 cm³/mol. The van der Waals surface area contributed by atoms with Gasteiger partial charge in [0.1, 0.15) is 34.2 Å². The minimum absolute atomic E-state index is 0.0346. The molecule has 0 amide bonds. The molecule has 1 aliphatic rings. The maximum absolute atomic E-state index is 12.9. The molecule has 1 aliphatic heterocycles. The number of rotatable bonds is 3. The molecule has 0 bridgehead atoms. The zero-order valence-electron chi connectivity index (χ0n) is 16.8. The van der Waals surface area contributed by atoms with Crippen LogP contribution in [0.3, 0.4) is 0 Å². The van der Waals surface area contributed by atoms with Gasteiger partial charge in [0.2, 0.25) is 5.78 Å². The number of pyridine rings is 1. The van der Waals surface area contributed by atoms with Gasteiger partial charge in [0, 0.05) is 48.1 Å². The predicted octanol–water partition coefficient (Wildman–Crippen LogP) is 4.28. The van der Waals surface area contributed by atoms with Crippen molar-refractivity contribution >= 4 is 22.9 Å². The third-order valence-electron chi connectivity index (χ3n) is 5.31. The molecule has 2 aromatic carbocycles. The number of ether oxygens (including phenoxy) is 2. The summed E-state index contributed by atoms with van der Waals surface area (Å²) in [5, 5.41) is 20.6. The average molecular weight is 414 g/mol. The van der Waals surface area contributed by atoms with Crippen LogP contribution in [0.15, 0.2) is 60.6 Å². The average Bonchev–Trinajstić information content (AvgIpc) is 3.24. The highest BCUT2D eigenvalue weighted by atomic mass is 16.5. The van der Waals surface area contributed by atoms with Crippen LogP contribution in [0.2, 0.25) is 0 Å². The lowest BCUT2D eigenvalue weighted by molar-refractivity contribution is 0.101. The largest absolute Gasteiger partial charge is 0.508 e. The van der Waals surface area contributed by atoms with E-state index in [4.69, 9.17) is 9.47 Å². The number of hydrogen-bond donors (Lipinski definition) is 2.